The summed E-state index contributed by atoms with van der Waals surface area (Å²) in [7, 11) is 0. The van der Waals surface area contributed by atoms with Gasteiger partial charge in [-0.1, -0.05) is 36.4 Å². The van der Waals surface area contributed by atoms with Crippen LogP contribution >= 0.6 is 0 Å². The van der Waals surface area contributed by atoms with E-state index in [2.05, 4.69) is 28.1 Å². The predicted octanol–water partition coefficient (Wildman–Crippen LogP) is 2.71. The van der Waals surface area contributed by atoms with E-state index in [1.807, 2.05) is 30.3 Å². The monoisotopic (exact) mass is 353 g/mol. The molecule has 3 N–H and O–H groups in total. The second kappa shape index (κ2) is 8.89. The van der Waals surface area contributed by atoms with E-state index in [-0.39, 0.29) is 5.91 Å². The van der Waals surface area contributed by atoms with Gasteiger partial charge in [-0.15, -0.1) is 0 Å². The zero-order chi connectivity index (χ0) is 18.2. The van der Waals surface area contributed by atoms with Gasteiger partial charge in [-0.25, -0.2) is 4.79 Å². The molecule has 0 aromatic heterocycles. The van der Waals surface area contributed by atoms with Gasteiger partial charge < -0.3 is 20.7 Å². The molecule has 0 radical (unpaired) electrons. The summed E-state index contributed by atoms with van der Waals surface area (Å²) < 4.78 is 5.76. The normalized spacial score (nSPS) is 16.0. The summed E-state index contributed by atoms with van der Waals surface area (Å²) in [6, 6.07) is 16.7. The van der Waals surface area contributed by atoms with E-state index in [1.165, 1.54) is 5.56 Å². The number of anilines is 1. The highest BCUT2D eigenvalue weighted by atomic mass is 16.5. The Morgan fingerprint density at radius 1 is 1.15 bits per heavy atom. The first-order valence-corrected chi connectivity index (χ1v) is 8.83. The van der Waals surface area contributed by atoms with Crippen LogP contribution in [0.4, 0.5) is 10.5 Å². The van der Waals surface area contributed by atoms with E-state index in [9.17, 15) is 9.59 Å². The third-order valence-electron chi connectivity index (χ3n) is 4.17. The van der Waals surface area contributed by atoms with Crippen molar-refractivity contribution >= 4 is 17.6 Å². The van der Waals surface area contributed by atoms with Crippen LogP contribution in [-0.4, -0.2) is 31.1 Å². The number of aryl methyl sites for hydroxylation is 1. The molecule has 6 heteroatoms. The highest BCUT2D eigenvalue weighted by Crippen LogP contribution is 2.18. The molecule has 1 aliphatic rings. The van der Waals surface area contributed by atoms with Crippen LogP contribution in [0.25, 0.3) is 0 Å². The first-order chi connectivity index (χ1) is 12.7. The van der Waals surface area contributed by atoms with E-state index in [0.717, 1.165) is 12.8 Å². The molecule has 0 aliphatic carbocycles. The zero-order valence-electron chi connectivity index (χ0n) is 14.5. The van der Waals surface area contributed by atoms with E-state index < -0.39 is 12.1 Å². The van der Waals surface area contributed by atoms with Gasteiger partial charge in [0.1, 0.15) is 11.8 Å². The van der Waals surface area contributed by atoms with Gasteiger partial charge in [0.15, 0.2) is 0 Å². The third-order valence-corrected chi connectivity index (χ3v) is 4.17. The van der Waals surface area contributed by atoms with Gasteiger partial charge in [-0.3, -0.25) is 4.79 Å². The summed E-state index contributed by atoms with van der Waals surface area (Å²) in [5.74, 6) is 0.560. The van der Waals surface area contributed by atoms with E-state index in [1.54, 1.807) is 12.1 Å². The standard InChI is InChI=1S/C20H23N3O3/c24-19-18(11-12-21-19)23-20(25)22-16-9-4-10-17(14-16)26-13-5-8-15-6-2-1-3-7-15/h1-4,6-7,9-10,14,18H,5,8,11-13H2,(H,21,24)(H2,22,23,25)/t18-/m1/s1. The lowest BCUT2D eigenvalue weighted by molar-refractivity contribution is -0.120. The van der Waals surface area contributed by atoms with Crippen molar-refractivity contribution in [2.45, 2.75) is 25.3 Å². The predicted molar refractivity (Wildman–Crippen MR) is 100 cm³/mol. The van der Waals surface area contributed by atoms with Crippen molar-refractivity contribution in [2.24, 2.45) is 0 Å². The summed E-state index contributed by atoms with van der Waals surface area (Å²) in [6.07, 6.45) is 2.49. The van der Waals surface area contributed by atoms with Crippen LogP contribution in [0.3, 0.4) is 0 Å². The number of carbonyl (C=O) groups is 2. The number of amides is 3. The molecule has 136 valence electrons. The lowest BCUT2D eigenvalue weighted by Gasteiger charge is -2.12. The van der Waals surface area contributed by atoms with Crippen LogP contribution in [0.5, 0.6) is 5.75 Å². The highest BCUT2D eigenvalue weighted by Gasteiger charge is 2.25. The van der Waals surface area contributed by atoms with Crippen LogP contribution < -0.4 is 20.7 Å². The fourth-order valence-corrected chi connectivity index (χ4v) is 2.83. The van der Waals surface area contributed by atoms with Crippen molar-refractivity contribution in [3.63, 3.8) is 0 Å². The van der Waals surface area contributed by atoms with Gasteiger partial charge in [0, 0.05) is 18.3 Å². The van der Waals surface area contributed by atoms with Crippen LogP contribution in [0.1, 0.15) is 18.4 Å². The maximum atomic E-state index is 12.0. The minimum atomic E-state index is -0.465. The molecule has 3 amide bonds. The average Bonchev–Trinajstić information content (AvgIpc) is 3.04. The summed E-state index contributed by atoms with van der Waals surface area (Å²) in [4.78, 5) is 23.5. The highest BCUT2D eigenvalue weighted by molar-refractivity contribution is 5.94. The molecule has 1 saturated heterocycles. The van der Waals surface area contributed by atoms with Gasteiger partial charge >= 0.3 is 6.03 Å². The van der Waals surface area contributed by atoms with E-state index >= 15 is 0 Å². The van der Waals surface area contributed by atoms with Crippen molar-refractivity contribution < 1.29 is 14.3 Å². The van der Waals surface area contributed by atoms with Crippen LogP contribution in [0.15, 0.2) is 54.6 Å². The zero-order valence-corrected chi connectivity index (χ0v) is 14.5. The van der Waals surface area contributed by atoms with Crippen molar-refractivity contribution in [1.82, 2.24) is 10.6 Å². The van der Waals surface area contributed by atoms with Crippen molar-refractivity contribution in [1.29, 1.82) is 0 Å². The number of urea groups is 1. The Hall–Kier alpha value is -3.02. The quantitative estimate of drug-likeness (QED) is 0.670. The van der Waals surface area contributed by atoms with Crippen LogP contribution in [0.2, 0.25) is 0 Å². The van der Waals surface area contributed by atoms with E-state index in [4.69, 9.17) is 4.74 Å². The number of carbonyl (C=O) groups excluding carboxylic acids is 2. The number of benzene rings is 2. The molecule has 2 aromatic rings. The van der Waals surface area contributed by atoms with Gasteiger partial charge in [-0.05, 0) is 37.0 Å². The van der Waals surface area contributed by atoms with E-state index in [0.29, 0.717) is 31.0 Å². The largest absolute Gasteiger partial charge is 0.494 e. The summed E-state index contributed by atoms with van der Waals surface area (Å²) in [6.45, 7) is 1.20. The number of hydrogen-bond acceptors (Lipinski definition) is 3. The number of rotatable bonds is 7. The lowest BCUT2D eigenvalue weighted by Crippen LogP contribution is -2.42. The van der Waals surface area contributed by atoms with Gasteiger partial charge in [0.25, 0.3) is 0 Å². The minimum absolute atomic E-state index is 0.143. The molecule has 1 fully saturated rings. The second-order valence-corrected chi connectivity index (χ2v) is 6.20. The minimum Gasteiger partial charge on any atom is -0.494 e. The lowest BCUT2D eigenvalue weighted by atomic mass is 10.1. The first kappa shape index (κ1) is 17.8. The SMILES string of the molecule is O=C(Nc1cccc(OCCCc2ccccc2)c1)N[C@@H]1CCNC1=O. The molecule has 0 bridgehead atoms. The van der Waals surface area contributed by atoms with Crippen molar-refractivity contribution in [3.05, 3.63) is 60.2 Å². The Bertz CT molecular complexity index is 749. The maximum absolute atomic E-state index is 12.0. The Balaban J connectivity index is 1.43. The maximum Gasteiger partial charge on any atom is 0.319 e. The van der Waals surface area contributed by atoms with Crippen LogP contribution in [-0.2, 0) is 11.2 Å². The fraction of sp³-hybridized carbons (Fsp3) is 0.300. The Kier molecular flexibility index (Phi) is 6.09. The van der Waals surface area contributed by atoms with Gasteiger partial charge in [0.05, 0.1) is 6.61 Å². The number of hydrogen-bond donors (Lipinski definition) is 3. The molecule has 0 unspecified atom stereocenters. The summed E-state index contributed by atoms with van der Waals surface area (Å²) in [5, 5.41) is 8.09. The molecular formula is C20H23N3O3. The fourth-order valence-electron chi connectivity index (χ4n) is 2.83. The molecule has 2 aromatic carbocycles. The van der Waals surface area contributed by atoms with Gasteiger partial charge in [-0.2, -0.15) is 0 Å². The molecular weight excluding hydrogens is 330 g/mol. The summed E-state index contributed by atoms with van der Waals surface area (Å²) >= 11 is 0. The summed E-state index contributed by atoms with van der Waals surface area (Å²) in [5.41, 5.74) is 1.92. The molecule has 6 nitrogen and oxygen atoms in total. The smallest absolute Gasteiger partial charge is 0.319 e. The molecule has 0 spiro atoms. The molecule has 1 heterocycles. The Labute approximate surface area is 152 Å². The third kappa shape index (κ3) is 5.24. The number of nitrogens with one attached hydrogen (secondary N) is 3. The second-order valence-electron chi connectivity index (χ2n) is 6.20. The van der Waals surface area contributed by atoms with Crippen LogP contribution in [0, 0.1) is 0 Å². The molecule has 26 heavy (non-hydrogen) atoms. The Morgan fingerprint density at radius 3 is 2.77 bits per heavy atom. The average molecular weight is 353 g/mol. The topological polar surface area (TPSA) is 79.5 Å². The van der Waals surface area contributed by atoms with Crippen molar-refractivity contribution in [2.75, 3.05) is 18.5 Å². The number of ether oxygens (including phenoxy) is 1. The molecule has 3 rings (SSSR count). The first-order valence-electron chi connectivity index (χ1n) is 8.83. The molecule has 1 aliphatic heterocycles. The molecule has 1 atom stereocenters. The van der Waals surface area contributed by atoms with Gasteiger partial charge in [0.2, 0.25) is 5.91 Å². The Morgan fingerprint density at radius 2 is 2.00 bits per heavy atom. The molecule has 0 saturated carbocycles. The van der Waals surface area contributed by atoms with Crippen molar-refractivity contribution in [3.8, 4) is 5.75 Å².